The van der Waals surface area contributed by atoms with Gasteiger partial charge in [0.15, 0.2) is 0 Å². The second-order valence-electron chi connectivity index (χ2n) is 7.45. The van der Waals surface area contributed by atoms with Crippen LogP contribution in [0.1, 0.15) is 40.5 Å². The Morgan fingerprint density at radius 3 is 1.18 bits per heavy atom. The van der Waals surface area contributed by atoms with Crippen molar-refractivity contribution < 1.29 is 18.9 Å². The Hall–Kier alpha value is -0.240. The third kappa shape index (κ3) is 2.32. The molecule has 0 amide bonds. The van der Waals surface area contributed by atoms with Gasteiger partial charge in [0.05, 0.1) is 24.4 Å². The van der Waals surface area contributed by atoms with Crippen molar-refractivity contribution in [3.8, 4) is 0 Å². The third-order valence-corrected chi connectivity index (χ3v) is 5.17. The van der Waals surface area contributed by atoms with Crippen molar-refractivity contribution in [2.45, 2.75) is 76.8 Å². The van der Waals surface area contributed by atoms with Gasteiger partial charge in [-0.25, -0.2) is 9.80 Å². The number of hydrogen-bond donors (Lipinski definition) is 0. The van der Waals surface area contributed by atoms with Gasteiger partial charge in [0, 0.05) is 39.0 Å². The van der Waals surface area contributed by atoms with Crippen LogP contribution in [0.4, 0.5) is 0 Å². The highest BCUT2D eigenvalue weighted by Gasteiger charge is 2.57. The number of hydrogen-bond acceptors (Lipinski definition) is 6. The summed E-state index contributed by atoms with van der Waals surface area (Å²) in [5, 5.41) is 0. The number of fused-ring (bicyclic) bond motifs is 2. The van der Waals surface area contributed by atoms with Crippen LogP contribution in [-0.2, 0) is 18.9 Å². The molecule has 4 aliphatic heterocycles. The smallest absolute Gasteiger partial charge is 0.230 e. The minimum Gasteiger partial charge on any atom is -0.333 e. The molecule has 22 heavy (non-hydrogen) atoms. The first kappa shape index (κ1) is 15.3. The van der Waals surface area contributed by atoms with Crippen LogP contribution in [-0.4, -0.2) is 72.2 Å². The SMILES string of the molecule is CC1CN2CC(C)OC2(CCC23OC(C)CN2CC(C)O3)O1. The first-order valence-electron chi connectivity index (χ1n) is 8.62. The van der Waals surface area contributed by atoms with Crippen molar-refractivity contribution in [1.29, 1.82) is 0 Å². The fourth-order valence-electron chi connectivity index (χ4n) is 4.57. The summed E-state index contributed by atoms with van der Waals surface area (Å²) in [5.41, 5.74) is 0. The van der Waals surface area contributed by atoms with Gasteiger partial charge in [-0.2, -0.15) is 0 Å². The maximum Gasteiger partial charge on any atom is 0.230 e. The van der Waals surface area contributed by atoms with Crippen LogP contribution < -0.4 is 0 Å². The summed E-state index contributed by atoms with van der Waals surface area (Å²) >= 11 is 0. The van der Waals surface area contributed by atoms with Crippen molar-refractivity contribution >= 4 is 0 Å². The van der Waals surface area contributed by atoms with Crippen molar-refractivity contribution in [2.24, 2.45) is 0 Å². The molecule has 126 valence electrons. The number of ether oxygens (including phenoxy) is 4. The van der Waals surface area contributed by atoms with E-state index in [-0.39, 0.29) is 24.4 Å². The Morgan fingerprint density at radius 2 is 0.909 bits per heavy atom. The van der Waals surface area contributed by atoms with E-state index in [4.69, 9.17) is 18.9 Å². The second-order valence-corrected chi connectivity index (χ2v) is 7.45. The van der Waals surface area contributed by atoms with Gasteiger partial charge in [-0.15, -0.1) is 0 Å². The Kier molecular flexibility index (Phi) is 3.57. The fraction of sp³-hybridized carbons (Fsp3) is 1.00. The summed E-state index contributed by atoms with van der Waals surface area (Å²) in [4.78, 5) is 4.67. The summed E-state index contributed by atoms with van der Waals surface area (Å²) in [6.45, 7) is 12.2. The number of nitrogens with zero attached hydrogens (tertiary/aromatic N) is 2. The van der Waals surface area contributed by atoms with Crippen LogP contribution in [0.5, 0.6) is 0 Å². The van der Waals surface area contributed by atoms with E-state index in [1.807, 2.05) is 0 Å². The van der Waals surface area contributed by atoms with Crippen LogP contribution in [0, 0.1) is 0 Å². The third-order valence-electron chi connectivity index (χ3n) is 5.17. The van der Waals surface area contributed by atoms with Crippen molar-refractivity contribution in [1.82, 2.24) is 9.80 Å². The van der Waals surface area contributed by atoms with E-state index in [1.54, 1.807) is 0 Å². The quantitative estimate of drug-likeness (QED) is 0.784. The fourth-order valence-corrected chi connectivity index (χ4v) is 4.57. The molecule has 6 nitrogen and oxygen atoms in total. The Balaban J connectivity index is 1.49. The average molecular weight is 312 g/mol. The lowest BCUT2D eigenvalue weighted by Crippen LogP contribution is -2.46. The molecule has 0 aromatic carbocycles. The van der Waals surface area contributed by atoms with E-state index in [0.29, 0.717) is 0 Å². The van der Waals surface area contributed by atoms with Gasteiger partial charge in [-0.3, -0.25) is 0 Å². The predicted octanol–water partition coefficient (Wildman–Crippen LogP) is 1.35. The highest BCUT2D eigenvalue weighted by molar-refractivity contribution is 4.94. The van der Waals surface area contributed by atoms with E-state index in [2.05, 4.69) is 37.5 Å². The summed E-state index contributed by atoms with van der Waals surface area (Å²) < 4.78 is 24.7. The lowest BCUT2D eigenvalue weighted by molar-refractivity contribution is -0.294. The zero-order valence-corrected chi connectivity index (χ0v) is 14.1. The van der Waals surface area contributed by atoms with Crippen molar-refractivity contribution in [2.75, 3.05) is 26.2 Å². The van der Waals surface area contributed by atoms with Crippen LogP contribution in [0.2, 0.25) is 0 Å². The summed E-state index contributed by atoms with van der Waals surface area (Å²) in [6.07, 6.45) is 2.41. The van der Waals surface area contributed by atoms with Crippen LogP contribution in [0.25, 0.3) is 0 Å². The zero-order chi connectivity index (χ0) is 15.5. The van der Waals surface area contributed by atoms with Gasteiger partial charge in [0.1, 0.15) is 0 Å². The van der Waals surface area contributed by atoms with Crippen molar-refractivity contribution in [3.63, 3.8) is 0 Å². The molecule has 0 N–H and O–H groups in total. The maximum atomic E-state index is 6.18. The van der Waals surface area contributed by atoms with E-state index < -0.39 is 11.8 Å². The van der Waals surface area contributed by atoms with E-state index in [1.165, 1.54) is 0 Å². The summed E-state index contributed by atoms with van der Waals surface area (Å²) in [5.74, 6) is -1.16. The molecule has 4 heterocycles. The minimum absolute atomic E-state index is 0.216. The van der Waals surface area contributed by atoms with Crippen LogP contribution in [0.15, 0.2) is 0 Å². The van der Waals surface area contributed by atoms with E-state index >= 15 is 0 Å². The van der Waals surface area contributed by atoms with Gasteiger partial charge in [-0.05, 0) is 27.7 Å². The first-order chi connectivity index (χ1) is 10.4. The van der Waals surface area contributed by atoms with Gasteiger partial charge in [-0.1, -0.05) is 0 Å². The van der Waals surface area contributed by atoms with Crippen LogP contribution in [0.3, 0.4) is 0 Å². The summed E-state index contributed by atoms with van der Waals surface area (Å²) in [7, 11) is 0. The number of rotatable bonds is 3. The molecule has 0 aliphatic carbocycles. The molecule has 0 bridgehead atoms. The minimum atomic E-state index is -0.580. The molecule has 4 aliphatic rings. The molecule has 4 rings (SSSR count). The average Bonchev–Trinajstić information content (AvgIpc) is 3.02. The topological polar surface area (TPSA) is 43.4 Å². The van der Waals surface area contributed by atoms with Gasteiger partial charge in [0.25, 0.3) is 0 Å². The lowest BCUT2D eigenvalue weighted by Gasteiger charge is -2.35. The normalized spacial score (nSPS) is 52.4. The molecule has 0 saturated carbocycles. The molecule has 0 aromatic rings. The van der Waals surface area contributed by atoms with Gasteiger partial charge in [0.2, 0.25) is 11.8 Å². The highest BCUT2D eigenvalue weighted by Crippen LogP contribution is 2.44. The van der Waals surface area contributed by atoms with E-state index in [9.17, 15) is 0 Å². The predicted molar refractivity (Wildman–Crippen MR) is 80.0 cm³/mol. The molecular formula is C16H28N2O4. The maximum absolute atomic E-state index is 6.18. The molecule has 4 saturated heterocycles. The molecule has 4 unspecified atom stereocenters. The molecular weight excluding hydrogens is 284 g/mol. The van der Waals surface area contributed by atoms with Crippen molar-refractivity contribution in [3.05, 3.63) is 0 Å². The molecule has 4 atom stereocenters. The summed E-state index contributed by atoms with van der Waals surface area (Å²) in [6, 6.07) is 0. The monoisotopic (exact) mass is 312 g/mol. The zero-order valence-electron chi connectivity index (χ0n) is 14.1. The highest BCUT2D eigenvalue weighted by atomic mass is 16.8. The van der Waals surface area contributed by atoms with Gasteiger partial charge >= 0.3 is 0 Å². The van der Waals surface area contributed by atoms with E-state index in [0.717, 1.165) is 39.0 Å². The molecule has 0 radical (unpaired) electrons. The Morgan fingerprint density at radius 1 is 0.636 bits per heavy atom. The first-order valence-corrected chi connectivity index (χ1v) is 8.62. The molecule has 6 heteroatoms. The Bertz CT molecular complexity index is 378. The Labute approximate surface area is 132 Å². The molecule has 4 fully saturated rings. The standard InChI is InChI=1S/C16H28N2O4/c1-11-7-17-8-12(2)20-15(17,19-11)5-6-16-18(9-13(3)21-16)10-14(4)22-16/h11-14H,5-10H2,1-4H3. The van der Waals surface area contributed by atoms with Crippen LogP contribution >= 0.6 is 0 Å². The largest absolute Gasteiger partial charge is 0.333 e. The second kappa shape index (κ2) is 5.13. The van der Waals surface area contributed by atoms with Gasteiger partial charge < -0.3 is 18.9 Å². The molecule has 0 aromatic heterocycles. The molecule has 0 spiro atoms. The lowest BCUT2D eigenvalue weighted by atomic mass is 10.1.